The molecule has 0 aromatic heterocycles. The first-order valence-corrected chi connectivity index (χ1v) is 6.79. The predicted octanol–water partition coefficient (Wildman–Crippen LogP) is 3.18. The van der Waals surface area contributed by atoms with E-state index in [0.717, 1.165) is 5.69 Å². The summed E-state index contributed by atoms with van der Waals surface area (Å²) in [5.74, 6) is -0.534. The molecule has 0 radical (unpaired) electrons. The number of halogens is 2. The van der Waals surface area contributed by atoms with Crippen molar-refractivity contribution in [1.82, 2.24) is 0 Å². The molecule has 2 rings (SSSR count). The third kappa shape index (κ3) is 9.04. The Morgan fingerprint density at radius 1 is 0.895 bits per heavy atom. The van der Waals surface area contributed by atoms with E-state index < -0.39 is 16.0 Å². The van der Waals surface area contributed by atoms with E-state index >= 15 is 0 Å². The number of hydrogen-bond donors (Lipinski definition) is 1. The quantitative estimate of drug-likeness (QED) is 0.684. The molecule has 3 nitrogen and oxygen atoms in total. The van der Waals surface area contributed by atoms with E-state index in [-0.39, 0.29) is 12.4 Å². The summed E-state index contributed by atoms with van der Waals surface area (Å²) in [6, 6.07) is 17.7. The van der Waals surface area contributed by atoms with Crippen molar-refractivity contribution in [3.8, 4) is 0 Å². The second-order valence-corrected chi connectivity index (χ2v) is 4.95. The van der Waals surface area contributed by atoms with Crippen LogP contribution in [-0.4, -0.2) is 8.42 Å². The average Bonchev–Trinajstić information content (AvgIpc) is 2.30. The molecule has 6 heteroatoms. The van der Waals surface area contributed by atoms with Crippen molar-refractivity contribution in [2.75, 3.05) is 5.73 Å². The Labute approximate surface area is 118 Å². The molecule has 2 aromatic carbocycles. The van der Waals surface area contributed by atoms with E-state index in [2.05, 4.69) is 0 Å². The molecule has 19 heavy (non-hydrogen) atoms. The maximum atomic E-state index is 12.0. The van der Waals surface area contributed by atoms with Crippen LogP contribution in [0.25, 0.3) is 0 Å². The molecule has 0 atom stereocenters. The highest BCUT2D eigenvalue weighted by molar-refractivity contribution is 7.85. The van der Waals surface area contributed by atoms with Gasteiger partial charge in [-0.1, -0.05) is 48.5 Å². The zero-order valence-electron chi connectivity index (χ0n) is 10.1. The molecule has 104 valence electrons. The van der Waals surface area contributed by atoms with Gasteiger partial charge in [-0.15, -0.1) is 16.3 Å². The number of para-hydroxylation sites is 1. The molecule has 0 amide bonds. The monoisotopic (exact) mass is 303 g/mol. The Morgan fingerprint density at radius 3 is 1.63 bits per heavy atom. The summed E-state index contributed by atoms with van der Waals surface area (Å²) in [4.78, 5) is 0. The second kappa shape index (κ2) is 8.50. The molecular formula is C13H15ClFNO2S. The molecular weight excluding hydrogens is 289 g/mol. The largest absolute Gasteiger partial charge is 0.399 e. The zero-order valence-corrected chi connectivity index (χ0v) is 11.7. The Hall–Kier alpha value is -1.59. The first kappa shape index (κ1) is 17.4. The highest BCUT2D eigenvalue weighted by atomic mass is 35.5. The van der Waals surface area contributed by atoms with Gasteiger partial charge in [0, 0.05) is 5.69 Å². The molecule has 0 bridgehead atoms. The average molecular weight is 304 g/mol. The minimum atomic E-state index is -4.38. The summed E-state index contributed by atoms with van der Waals surface area (Å²) in [6.45, 7) is 0. The Kier molecular flexibility index (Phi) is 7.79. The van der Waals surface area contributed by atoms with Gasteiger partial charge in [0.1, 0.15) is 5.75 Å². The molecule has 0 heterocycles. The Bertz CT molecular complexity index is 562. The number of hydrogen-bond acceptors (Lipinski definition) is 3. The lowest BCUT2D eigenvalue weighted by molar-refractivity contribution is 0.551. The Morgan fingerprint density at radius 2 is 1.32 bits per heavy atom. The van der Waals surface area contributed by atoms with E-state index in [1.807, 2.05) is 30.3 Å². The molecule has 2 N–H and O–H groups in total. The fraction of sp³-hybridized carbons (Fsp3) is 0.0769. The van der Waals surface area contributed by atoms with Crippen LogP contribution in [0.3, 0.4) is 0 Å². The van der Waals surface area contributed by atoms with Crippen LogP contribution in [0.2, 0.25) is 0 Å². The van der Waals surface area contributed by atoms with Gasteiger partial charge in [0.2, 0.25) is 0 Å². The SMILES string of the molecule is Cl.Nc1ccccc1.O=S(=O)(F)Cc1ccccc1. The van der Waals surface area contributed by atoms with Gasteiger partial charge in [-0.2, -0.15) is 8.42 Å². The first-order chi connectivity index (χ1) is 8.47. The number of anilines is 1. The number of benzene rings is 2. The minimum Gasteiger partial charge on any atom is -0.399 e. The molecule has 0 aliphatic heterocycles. The van der Waals surface area contributed by atoms with Gasteiger partial charge in [0.25, 0.3) is 0 Å². The highest BCUT2D eigenvalue weighted by Gasteiger charge is 2.06. The summed E-state index contributed by atoms with van der Waals surface area (Å²) in [6.07, 6.45) is 0. The fourth-order valence-electron chi connectivity index (χ4n) is 1.23. The van der Waals surface area contributed by atoms with Crippen molar-refractivity contribution in [2.24, 2.45) is 0 Å². The van der Waals surface area contributed by atoms with Gasteiger partial charge in [0.05, 0.1) is 0 Å². The van der Waals surface area contributed by atoms with Crippen molar-refractivity contribution in [1.29, 1.82) is 0 Å². The molecule has 2 aromatic rings. The predicted molar refractivity (Wildman–Crippen MR) is 78.3 cm³/mol. The molecule has 0 unspecified atom stereocenters. The van der Waals surface area contributed by atoms with Gasteiger partial charge < -0.3 is 5.73 Å². The van der Waals surface area contributed by atoms with Crippen LogP contribution in [0.5, 0.6) is 0 Å². The highest BCUT2D eigenvalue weighted by Crippen LogP contribution is 2.05. The minimum absolute atomic E-state index is 0. The second-order valence-electron chi connectivity index (χ2n) is 3.58. The normalized spacial score (nSPS) is 9.74. The molecule has 0 aliphatic rings. The fourth-order valence-corrected chi connectivity index (χ4v) is 1.82. The van der Waals surface area contributed by atoms with Crippen LogP contribution in [0.15, 0.2) is 60.7 Å². The van der Waals surface area contributed by atoms with E-state index in [1.54, 1.807) is 30.3 Å². The van der Waals surface area contributed by atoms with Gasteiger partial charge in [0.15, 0.2) is 0 Å². The van der Waals surface area contributed by atoms with Crippen LogP contribution in [-0.2, 0) is 16.0 Å². The van der Waals surface area contributed by atoms with Crippen LogP contribution >= 0.6 is 12.4 Å². The van der Waals surface area contributed by atoms with E-state index in [9.17, 15) is 12.3 Å². The van der Waals surface area contributed by atoms with E-state index in [1.165, 1.54) is 0 Å². The van der Waals surface area contributed by atoms with Gasteiger partial charge in [-0.3, -0.25) is 0 Å². The van der Waals surface area contributed by atoms with Crippen molar-refractivity contribution < 1.29 is 12.3 Å². The lowest BCUT2D eigenvalue weighted by Gasteiger charge is -1.93. The summed E-state index contributed by atoms with van der Waals surface area (Å²) in [5.41, 5.74) is 6.65. The van der Waals surface area contributed by atoms with E-state index in [0.29, 0.717) is 5.56 Å². The Balaban J connectivity index is 0.000000352. The number of nitrogen functional groups attached to an aromatic ring is 1. The molecule has 0 saturated heterocycles. The molecule has 0 saturated carbocycles. The smallest absolute Gasteiger partial charge is 0.306 e. The molecule has 0 fully saturated rings. The summed E-state index contributed by atoms with van der Waals surface area (Å²) in [5, 5.41) is 0. The summed E-state index contributed by atoms with van der Waals surface area (Å²) < 4.78 is 32.3. The first-order valence-electron chi connectivity index (χ1n) is 5.24. The number of rotatable bonds is 2. The summed E-state index contributed by atoms with van der Waals surface area (Å²) >= 11 is 0. The van der Waals surface area contributed by atoms with Crippen LogP contribution in [0.4, 0.5) is 9.57 Å². The van der Waals surface area contributed by atoms with Crippen LogP contribution in [0.1, 0.15) is 5.56 Å². The van der Waals surface area contributed by atoms with Crippen molar-refractivity contribution in [3.63, 3.8) is 0 Å². The van der Waals surface area contributed by atoms with Crippen molar-refractivity contribution >= 4 is 28.3 Å². The number of nitrogens with two attached hydrogens (primary N) is 1. The maximum absolute atomic E-state index is 12.0. The van der Waals surface area contributed by atoms with E-state index in [4.69, 9.17) is 5.73 Å². The van der Waals surface area contributed by atoms with Gasteiger partial charge >= 0.3 is 10.2 Å². The standard InChI is InChI=1S/C7H7FO2S.C6H7N.ClH/c8-11(9,10)6-7-4-2-1-3-5-7;7-6-4-2-1-3-5-6;/h1-5H,6H2;1-5H,7H2;1H. The maximum Gasteiger partial charge on any atom is 0.306 e. The third-order valence-electron chi connectivity index (χ3n) is 1.98. The lowest BCUT2D eigenvalue weighted by Crippen LogP contribution is -1.94. The van der Waals surface area contributed by atoms with Crippen molar-refractivity contribution in [3.05, 3.63) is 66.2 Å². The van der Waals surface area contributed by atoms with Crippen LogP contribution in [0, 0.1) is 0 Å². The van der Waals surface area contributed by atoms with Gasteiger partial charge in [-0.25, -0.2) is 0 Å². The summed E-state index contributed by atoms with van der Waals surface area (Å²) in [7, 11) is -4.38. The van der Waals surface area contributed by atoms with Crippen LogP contribution < -0.4 is 5.73 Å². The zero-order chi connectivity index (χ0) is 13.4. The molecule has 0 aliphatic carbocycles. The van der Waals surface area contributed by atoms with Crippen molar-refractivity contribution in [2.45, 2.75) is 5.75 Å². The molecule has 0 spiro atoms. The lowest BCUT2D eigenvalue weighted by atomic mass is 10.2. The topological polar surface area (TPSA) is 60.2 Å². The third-order valence-corrected chi connectivity index (χ3v) is 2.66. The van der Waals surface area contributed by atoms with Gasteiger partial charge in [-0.05, 0) is 17.7 Å².